The SMILES string of the molecule is CC(C)c1ccc(-c2noc(SCC(=O)Nc3ccccc3Cl)n2)cc1. The zero-order valence-electron chi connectivity index (χ0n) is 14.4. The summed E-state index contributed by atoms with van der Waals surface area (Å²) in [4.78, 5) is 16.4. The Balaban J connectivity index is 1.58. The molecule has 0 spiro atoms. The minimum Gasteiger partial charge on any atom is -0.327 e. The largest absolute Gasteiger partial charge is 0.327 e. The van der Waals surface area contributed by atoms with Crippen LogP contribution in [0, 0.1) is 0 Å². The monoisotopic (exact) mass is 387 g/mol. The smallest absolute Gasteiger partial charge is 0.286 e. The Bertz CT molecular complexity index is 894. The topological polar surface area (TPSA) is 68.0 Å². The molecule has 3 rings (SSSR count). The van der Waals surface area contributed by atoms with Gasteiger partial charge in [-0.05, 0) is 23.6 Å². The number of hydrogen-bond acceptors (Lipinski definition) is 5. The number of amides is 1. The third-order valence-corrected chi connectivity index (χ3v) is 4.87. The maximum absolute atomic E-state index is 12.0. The lowest BCUT2D eigenvalue weighted by atomic mass is 10.0. The average molecular weight is 388 g/mol. The molecule has 0 unspecified atom stereocenters. The molecule has 0 radical (unpaired) electrons. The van der Waals surface area contributed by atoms with Crippen molar-refractivity contribution in [1.29, 1.82) is 0 Å². The summed E-state index contributed by atoms with van der Waals surface area (Å²) in [7, 11) is 0. The van der Waals surface area contributed by atoms with Crippen LogP contribution in [0.2, 0.25) is 5.02 Å². The Morgan fingerprint density at radius 2 is 1.92 bits per heavy atom. The number of hydrogen-bond donors (Lipinski definition) is 1. The maximum atomic E-state index is 12.0. The van der Waals surface area contributed by atoms with E-state index in [4.69, 9.17) is 16.1 Å². The quantitative estimate of drug-likeness (QED) is 0.585. The highest BCUT2D eigenvalue weighted by Gasteiger charge is 2.12. The normalized spacial score (nSPS) is 10.9. The zero-order valence-corrected chi connectivity index (χ0v) is 16.0. The number of halogens is 1. The number of carbonyl (C=O) groups is 1. The van der Waals surface area contributed by atoms with Gasteiger partial charge in [-0.15, -0.1) is 0 Å². The fraction of sp³-hybridized carbons (Fsp3) is 0.211. The summed E-state index contributed by atoms with van der Waals surface area (Å²) in [5, 5.41) is 7.58. The van der Waals surface area contributed by atoms with Gasteiger partial charge in [-0.25, -0.2) is 0 Å². The minimum atomic E-state index is -0.191. The van der Waals surface area contributed by atoms with Gasteiger partial charge in [0.2, 0.25) is 11.7 Å². The number of aromatic nitrogens is 2. The summed E-state index contributed by atoms with van der Waals surface area (Å²) in [5.41, 5.74) is 2.71. The second-order valence-electron chi connectivity index (χ2n) is 5.98. The van der Waals surface area contributed by atoms with Gasteiger partial charge < -0.3 is 9.84 Å². The van der Waals surface area contributed by atoms with Crippen molar-refractivity contribution in [1.82, 2.24) is 10.1 Å². The van der Waals surface area contributed by atoms with Gasteiger partial charge in [0, 0.05) is 5.56 Å². The van der Waals surface area contributed by atoms with Crippen LogP contribution >= 0.6 is 23.4 Å². The molecule has 5 nitrogen and oxygen atoms in total. The summed E-state index contributed by atoms with van der Waals surface area (Å²) in [5.74, 6) is 0.939. The van der Waals surface area contributed by atoms with Crippen LogP contribution in [0.1, 0.15) is 25.3 Å². The van der Waals surface area contributed by atoms with Gasteiger partial charge in [0.05, 0.1) is 16.5 Å². The standard InChI is InChI=1S/C19H18ClN3O2S/c1-12(2)13-7-9-14(10-8-13)18-22-19(25-23-18)26-11-17(24)21-16-6-4-3-5-15(16)20/h3-10,12H,11H2,1-2H3,(H,21,24). The molecule has 3 aromatic rings. The molecule has 0 saturated heterocycles. The summed E-state index contributed by atoms with van der Waals surface area (Å²) in [6, 6.07) is 15.1. The molecule has 0 aliphatic carbocycles. The molecule has 26 heavy (non-hydrogen) atoms. The molecule has 0 bridgehead atoms. The van der Waals surface area contributed by atoms with Crippen LogP contribution in [0.25, 0.3) is 11.4 Å². The summed E-state index contributed by atoms with van der Waals surface area (Å²) in [6.45, 7) is 4.29. The van der Waals surface area contributed by atoms with E-state index < -0.39 is 0 Å². The Kier molecular flexibility index (Phi) is 5.96. The Morgan fingerprint density at radius 3 is 2.62 bits per heavy atom. The van der Waals surface area contributed by atoms with Crippen molar-refractivity contribution in [2.45, 2.75) is 25.0 Å². The number of benzene rings is 2. The van der Waals surface area contributed by atoms with Crippen LogP contribution in [-0.2, 0) is 4.79 Å². The summed E-state index contributed by atoms with van der Waals surface area (Å²) < 4.78 is 5.22. The van der Waals surface area contributed by atoms with Crippen LogP contribution in [0.4, 0.5) is 5.69 Å². The van der Waals surface area contributed by atoms with Crippen LogP contribution in [0.3, 0.4) is 0 Å². The number of nitrogens with one attached hydrogen (secondary N) is 1. The highest BCUT2D eigenvalue weighted by atomic mass is 35.5. The first-order valence-electron chi connectivity index (χ1n) is 8.14. The lowest BCUT2D eigenvalue weighted by Crippen LogP contribution is -2.14. The van der Waals surface area contributed by atoms with Crippen molar-refractivity contribution < 1.29 is 9.32 Å². The van der Waals surface area contributed by atoms with E-state index in [0.717, 1.165) is 5.56 Å². The molecule has 0 aliphatic rings. The molecule has 1 heterocycles. The van der Waals surface area contributed by atoms with Crippen molar-refractivity contribution in [3.63, 3.8) is 0 Å². The second-order valence-corrected chi connectivity index (χ2v) is 7.31. The molecule has 1 amide bonds. The van der Waals surface area contributed by atoms with E-state index in [1.54, 1.807) is 18.2 Å². The molecule has 0 atom stereocenters. The first-order chi connectivity index (χ1) is 12.5. The third kappa shape index (κ3) is 4.65. The van der Waals surface area contributed by atoms with Crippen molar-refractivity contribution >= 4 is 35.0 Å². The third-order valence-electron chi connectivity index (χ3n) is 3.72. The number of rotatable bonds is 6. The van der Waals surface area contributed by atoms with E-state index in [1.807, 2.05) is 18.2 Å². The number of para-hydroxylation sites is 1. The van der Waals surface area contributed by atoms with Gasteiger partial charge in [-0.2, -0.15) is 4.98 Å². The fourth-order valence-corrected chi connectivity index (χ4v) is 3.03. The first kappa shape index (κ1) is 18.5. The number of carbonyl (C=O) groups excluding carboxylic acids is 1. The van der Waals surface area contributed by atoms with Gasteiger partial charge >= 0.3 is 0 Å². The minimum absolute atomic E-state index is 0.152. The van der Waals surface area contributed by atoms with E-state index in [0.29, 0.717) is 27.7 Å². The molecule has 7 heteroatoms. The van der Waals surface area contributed by atoms with E-state index >= 15 is 0 Å². The van der Waals surface area contributed by atoms with E-state index in [9.17, 15) is 4.79 Å². The lowest BCUT2D eigenvalue weighted by molar-refractivity contribution is -0.113. The molecule has 0 aliphatic heterocycles. The summed E-state index contributed by atoms with van der Waals surface area (Å²) >= 11 is 7.21. The van der Waals surface area contributed by atoms with Crippen LogP contribution in [-0.4, -0.2) is 21.8 Å². The zero-order chi connectivity index (χ0) is 18.5. The van der Waals surface area contributed by atoms with Gasteiger partial charge in [0.25, 0.3) is 5.22 Å². The fourth-order valence-electron chi connectivity index (χ4n) is 2.28. The number of thioether (sulfide) groups is 1. The van der Waals surface area contributed by atoms with Gasteiger partial charge in [0.15, 0.2) is 0 Å². The number of anilines is 1. The Morgan fingerprint density at radius 1 is 1.19 bits per heavy atom. The molecule has 1 N–H and O–H groups in total. The van der Waals surface area contributed by atoms with E-state index in [-0.39, 0.29) is 11.7 Å². The first-order valence-corrected chi connectivity index (χ1v) is 9.50. The van der Waals surface area contributed by atoms with Crippen molar-refractivity contribution in [2.75, 3.05) is 11.1 Å². The van der Waals surface area contributed by atoms with E-state index in [1.165, 1.54) is 17.3 Å². The van der Waals surface area contributed by atoms with Gasteiger partial charge in [-0.1, -0.05) is 78.8 Å². The average Bonchev–Trinajstić information content (AvgIpc) is 3.11. The predicted molar refractivity (Wildman–Crippen MR) is 105 cm³/mol. The molecule has 0 saturated carbocycles. The second kappa shape index (κ2) is 8.38. The molecule has 2 aromatic carbocycles. The molecule has 0 fully saturated rings. The lowest BCUT2D eigenvalue weighted by Gasteiger charge is -2.05. The van der Waals surface area contributed by atoms with Crippen molar-refractivity contribution in [2.24, 2.45) is 0 Å². The molecular weight excluding hydrogens is 370 g/mol. The molecule has 134 valence electrons. The highest BCUT2D eigenvalue weighted by Crippen LogP contribution is 2.24. The number of nitrogens with zero attached hydrogens (tertiary/aromatic N) is 2. The van der Waals surface area contributed by atoms with Crippen LogP contribution in [0.15, 0.2) is 58.3 Å². The van der Waals surface area contributed by atoms with Crippen molar-refractivity contribution in [3.05, 3.63) is 59.1 Å². The highest BCUT2D eigenvalue weighted by molar-refractivity contribution is 7.99. The van der Waals surface area contributed by atoms with Gasteiger partial charge in [-0.3, -0.25) is 4.79 Å². The van der Waals surface area contributed by atoms with E-state index in [2.05, 4.69) is 41.4 Å². The summed E-state index contributed by atoms with van der Waals surface area (Å²) in [6.07, 6.45) is 0. The van der Waals surface area contributed by atoms with Crippen molar-refractivity contribution in [3.8, 4) is 11.4 Å². The Hall–Kier alpha value is -2.31. The van der Waals surface area contributed by atoms with Crippen LogP contribution < -0.4 is 5.32 Å². The predicted octanol–water partition coefficient (Wildman–Crippen LogP) is 5.24. The van der Waals surface area contributed by atoms with Gasteiger partial charge in [0.1, 0.15) is 0 Å². The maximum Gasteiger partial charge on any atom is 0.286 e. The molecule has 1 aromatic heterocycles. The Labute approximate surface area is 161 Å². The van der Waals surface area contributed by atoms with Crippen LogP contribution in [0.5, 0.6) is 0 Å². The molecular formula is C19H18ClN3O2S.